The smallest absolute Gasteiger partial charge is 0.336 e. The number of rotatable bonds is 6. The summed E-state index contributed by atoms with van der Waals surface area (Å²) in [6, 6.07) is 10.1. The maximum absolute atomic E-state index is 12.7. The minimum atomic E-state index is -0.786. The summed E-state index contributed by atoms with van der Waals surface area (Å²) >= 11 is 0. The molecule has 1 atom stereocenters. The molecule has 1 aliphatic heterocycles. The van der Waals surface area contributed by atoms with Gasteiger partial charge in [-0.25, -0.2) is 9.59 Å². The van der Waals surface area contributed by atoms with E-state index >= 15 is 0 Å². The van der Waals surface area contributed by atoms with E-state index in [1.165, 1.54) is 33.5 Å². The van der Waals surface area contributed by atoms with E-state index in [-0.39, 0.29) is 0 Å². The molecule has 0 fully saturated rings. The molecule has 34 heavy (non-hydrogen) atoms. The van der Waals surface area contributed by atoms with Crippen molar-refractivity contribution in [3.05, 3.63) is 64.0 Å². The Labute approximate surface area is 196 Å². The largest absolute Gasteiger partial charge is 0.493 e. The van der Waals surface area contributed by atoms with Gasteiger partial charge in [0, 0.05) is 30.0 Å². The standard InChI is InChI=1S/C26H26O8/c1-26(2)22(13-17-12-16-7-9-23(27)32-18(16)14-19(17)34-26)33-24(28)8-6-15-10-20(29-3)25(31-5)21(11-15)30-4/h6-12,14,22H,13H2,1-5H3/b8-6+/t22-/m0/s1. The Hall–Kier alpha value is -3.94. The molecule has 8 nitrogen and oxygen atoms in total. The summed E-state index contributed by atoms with van der Waals surface area (Å²) in [5.74, 6) is 1.53. The number of ether oxygens (including phenoxy) is 5. The SMILES string of the molecule is COc1cc(/C=C/C(=O)O[C@H]2Cc3cc4ccc(=O)oc4cc3OC2(C)C)cc(OC)c1OC. The van der Waals surface area contributed by atoms with Gasteiger partial charge < -0.3 is 28.1 Å². The van der Waals surface area contributed by atoms with Crippen molar-refractivity contribution in [2.45, 2.75) is 32.0 Å². The van der Waals surface area contributed by atoms with Crippen LogP contribution in [-0.4, -0.2) is 39.0 Å². The van der Waals surface area contributed by atoms with Crippen LogP contribution in [0.2, 0.25) is 0 Å². The van der Waals surface area contributed by atoms with Crippen LogP contribution >= 0.6 is 0 Å². The van der Waals surface area contributed by atoms with Crippen molar-refractivity contribution in [3.8, 4) is 23.0 Å². The molecular weight excluding hydrogens is 440 g/mol. The maximum atomic E-state index is 12.7. The number of carbonyl (C=O) groups is 1. The summed E-state index contributed by atoms with van der Waals surface area (Å²) in [4.78, 5) is 24.2. The molecule has 0 spiro atoms. The maximum Gasteiger partial charge on any atom is 0.336 e. The van der Waals surface area contributed by atoms with E-state index in [1.807, 2.05) is 19.9 Å². The molecule has 0 aliphatic carbocycles. The van der Waals surface area contributed by atoms with Crippen molar-refractivity contribution >= 4 is 23.0 Å². The molecule has 0 amide bonds. The van der Waals surface area contributed by atoms with Gasteiger partial charge in [-0.15, -0.1) is 0 Å². The van der Waals surface area contributed by atoms with Crippen molar-refractivity contribution in [2.24, 2.45) is 0 Å². The Balaban J connectivity index is 1.54. The van der Waals surface area contributed by atoms with Crippen molar-refractivity contribution in [1.82, 2.24) is 0 Å². The van der Waals surface area contributed by atoms with E-state index in [0.717, 1.165) is 10.9 Å². The number of esters is 1. The molecule has 0 radical (unpaired) electrons. The van der Waals surface area contributed by atoms with Gasteiger partial charge in [0.1, 0.15) is 23.0 Å². The van der Waals surface area contributed by atoms with Gasteiger partial charge in [0.05, 0.1) is 21.3 Å². The molecule has 0 saturated heterocycles. The molecule has 3 aromatic rings. The highest BCUT2D eigenvalue weighted by Crippen LogP contribution is 2.39. The topological polar surface area (TPSA) is 93.4 Å². The fourth-order valence-electron chi connectivity index (χ4n) is 3.92. The summed E-state index contributed by atoms with van der Waals surface area (Å²) < 4.78 is 33.2. The van der Waals surface area contributed by atoms with Gasteiger partial charge in [-0.1, -0.05) is 0 Å². The normalized spacial score (nSPS) is 16.6. The summed E-state index contributed by atoms with van der Waals surface area (Å²) in [7, 11) is 4.58. The molecule has 2 heterocycles. The van der Waals surface area contributed by atoms with Gasteiger partial charge in [-0.3, -0.25) is 0 Å². The van der Waals surface area contributed by atoms with Crippen LogP contribution in [0, 0.1) is 0 Å². The summed E-state index contributed by atoms with van der Waals surface area (Å²) in [6.07, 6.45) is 2.90. The average molecular weight is 466 g/mol. The number of benzene rings is 2. The van der Waals surface area contributed by atoms with Crippen molar-refractivity contribution < 1.29 is 32.9 Å². The quantitative estimate of drug-likeness (QED) is 0.304. The molecule has 1 aliphatic rings. The van der Waals surface area contributed by atoms with Crippen molar-refractivity contribution in [3.63, 3.8) is 0 Å². The molecule has 0 N–H and O–H groups in total. The molecule has 0 saturated carbocycles. The average Bonchev–Trinajstić information content (AvgIpc) is 2.81. The van der Waals surface area contributed by atoms with E-state index in [1.54, 1.807) is 30.3 Å². The highest BCUT2D eigenvalue weighted by molar-refractivity contribution is 5.87. The fourth-order valence-corrected chi connectivity index (χ4v) is 3.92. The third-order valence-corrected chi connectivity index (χ3v) is 5.71. The van der Waals surface area contributed by atoms with E-state index in [9.17, 15) is 9.59 Å². The minimum absolute atomic E-state index is 0.423. The van der Waals surface area contributed by atoms with Gasteiger partial charge in [0.15, 0.2) is 11.5 Å². The molecule has 0 unspecified atom stereocenters. The van der Waals surface area contributed by atoms with Crippen LogP contribution in [0.15, 0.2) is 51.7 Å². The lowest BCUT2D eigenvalue weighted by Crippen LogP contribution is -2.48. The van der Waals surface area contributed by atoms with E-state index in [0.29, 0.717) is 40.6 Å². The molecule has 4 rings (SSSR count). The predicted molar refractivity (Wildman–Crippen MR) is 126 cm³/mol. The lowest BCUT2D eigenvalue weighted by atomic mass is 9.90. The third kappa shape index (κ3) is 4.57. The van der Waals surface area contributed by atoms with Crippen molar-refractivity contribution in [1.29, 1.82) is 0 Å². The Bertz CT molecular complexity index is 1290. The summed E-state index contributed by atoms with van der Waals surface area (Å²) in [6.45, 7) is 3.70. The second-order valence-corrected chi connectivity index (χ2v) is 8.38. The van der Waals surface area contributed by atoms with Crippen LogP contribution in [0.25, 0.3) is 17.0 Å². The predicted octanol–water partition coefficient (Wildman–Crippen LogP) is 4.16. The Morgan fingerprint density at radius 2 is 1.74 bits per heavy atom. The first-order chi connectivity index (χ1) is 16.2. The fraction of sp³-hybridized carbons (Fsp3) is 0.308. The summed E-state index contributed by atoms with van der Waals surface area (Å²) in [5, 5.41) is 0.772. The van der Waals surface area contributed by atoms with Gasteiger partial charge in [0.25, 0.3) is 0 Å². The zero-order chi connectivity index (χ0) is 24.5. The van der Waals surface area contributed by atoms with Gasteiger partial charge in [-0.2, -0.15) is 0 Å². The highest BCUT2D eigenvalue weighted by Gasteiger charge is 2.39. The van der Waals surface area contributed by atoms with Crippen LogP contribution in [0.5, 0.6) is 23.0 Å². The molecular formula is C26H26O8. The van der Waals surface area contributed by atoms with Crippen LogP contribution in [0.1, 0.15) is 25.0 Å². The van der Waals surface area contributed by atoms with Crippen LogP contribution in [0.3, 0.4) is 0 Å². The highest BCUT2D eigenvalue weighted by atomic mass is 16.6. The number of carbonyl (C=O) groups excluding carboxylic acids is 1. The Kier molecular flexibility index (Phi) is 6.24. The third-order valence-electron chi connectivity index (χ3n) is 5.71. The lowest BCUT2D eigenvalue weighted by molar-refractivity contribution is -0.155. The summed E-state index contributed by atoms with van der Waals surface area (Å²) in [5.41, 5.74) is 0.793. The van der Waals surface area contributed by atoms with Crippen LogP contribution in [0.4, 0.5) is 0 Å². The Morgan fingerprint density at radius 1 is 1.03 bits per heavy atom. The monoisotopic (exact) mass is 466 g/mol. The Morgan fingerprint density at radius 3 is 2.38 bits per heavy atom. The molecule has 0 bridgehead atoms. The number of fused-ring (bicyclic) bond motifs is 2. The molecule has 178 valence electrons. The lowest BCUT2D eigenvalue weighted by Gasteiger charge is -2.39. The number of hydrogen-bond donors (Lipinski definition) is 0. The first kappa shape index (κ1) is 23.2. The van der Waals surface area contributed by atoms with E-state index in [2.05, 4.69) is 0 Å². The van der Waals surface area contributed by atoms with E-state index in [4.69, 9.17) is 28.1 Å². The first-order valence-corrected chi connectivity index (χ1v) is 10.7. The van der Waals surface area contributed by atoms with E-state index < -0.39 is 23.3 Å². The number of methoxy groups -OCH3 is 3. The zero-order valence-electron chi connectivity index (χ0n) is 19.7. The second kappa shape index (κ2) is 9.13. The molecule has 2 aromatic carbocycles. The molecule has 8 heteroatoms. The molecule has 1 aromatic heterocycles. The van der Waals surface area contributed by atoms with Crippen LogP contribution < -0.4 is 24.6 Å². The van der Waals surface area contributed by atoms with Gasteiger partial charge in [-0.05, 0) is 55.3 Å². The van der Waals surface area contributed by atoms with Crippen LogP contribution in [-0.2, 0) is 16.0 Å². The zero-order valence-corrected chi connectivity index (χ0v) is 19.7. The van der Waals surface area contributed by atoms with Gasteiger partial charge >= 0.3 is 11.6 Å². The van der Waals surface area contributed by atoms with Crippen molar-refractivity contribution in [2.75, 3.05) is 21.3 Å². The first-order valence-electron chi connectivity index (χ1n) is 10.7. The van der Waals surface area contributed by atoms with Gasteiger partial charge in [0.2, 0.25) is 5.75 Å². The number of hydrogen-bond acceptors (Lipinski definition) is 8. The minimum Gasteiger partial charge on any atom is -0.493 e. The second-order valence-electron chi connectivity index (χ2n) is 8.38.